The minimum absolute atomic E-state index is 0.00543. The van der Waals surface area contributed by atoms with Gasteiger partial charge in [0.25, 0.3) is 0 Å². The van der Waals surface area contributed by atoms with Crippen LogP contribution in [0.3, 0.4) is 0 Å². The first kappa shape index (κ1) is 30.9. The van der Waals surface area contributed by atoms with Gasteiger partial charge in [-0.15, -0.1) is 0 Å². The maximum atomic E-state index is 12.1. The van der Waals surface area contributed by atoms with E-state index in [2.05, 4.69) is 13.8 Å². The molecule has 0 aliphatic rings. The van der Waals surface area contributed by atoms with E-state index in [1.54, 1.807) is 0 Å². The Morgan fingerprint density at radius 3 is 1.44 bits per heavy atom. The minimum atomic E-state index is -0.685. The molecule has 0 spiro atoms. The van der Waals surface area contributed by atoms with Crippen LogP contribution in [0.5, 0.6) is 0 Å². The van der Waals surface area contributed by atoms with Crippen molar-refractivity contribution < 1.29 is 19.4 Å². The summed E-state index contributed by atoms with van der Waals surface area (Å²) in [5.41, 5.74) is 0. The van der Waals surface area contributed by atoms with Crippen molar-refractivity contribution in [1.82, 2.24) is 0 Å². The molecule has 0 fully saturated rings. The molecule has 0 aliphatic heterocycles. The molecule has 1 N–H and O–H groups in total. The van der Waals surface area contributed by atoms with E-state index in [-0.39, 0.29) is 12.1 Å². The topological polar surface area (TPSA) is 63.6 Å². The molecular weight excluding hydrogens is 400 g/mol. The summed E-state index contributed by atoms with van der Waals surface area (Å²) in [5, 5.41) is 8.62. The molecule has 1 atom stereocenters. The van der Waals surface area contributed by atoms with Crippen molar-refractivity contribution in [3.8, 4) is 0 Å². The molecule has 0 bridgehead atoms. The van der Waals surface area contributed by atoms with Gasteiger partial charge in [-0.25, -0.2) is 0 Å². The van der Waals surface area contributed by atoms with Gasteiger partial charge in [0, 0.05) is 12.8 Å². The van der Waals surface area contributed by atoms with E-state index in [1.165, 1.54) is 83.5 Å². The highest BCUT2D eigenvalue weighted by Crippen LogP contribution is 2.16. The van der Waals surface area contributed by atoms with Crippen LogP contribution in [0.1, 0.15) is 162 Å². The third kappa shape index (κ3) is 23.6. The number of hydrogen-bond donors (Lipinski definition) is 1. The van der Waals surface area contributed by atoms with E-state index in [1.807, 2.05) is 0 Å². The molecule has 1 unspecified atom stereocenters. The molecule has 0 aromatic rings. The first-order chi connectivity index (χ1) is 15.6. The van der Waals surface area contributed by atoms with E-state index in [9.17, 15) is 9.59 Å². The van der Waals surface area contributed by atoms with Gasteiger partial charge in [-0.05, 0) is 32.1 Å². The SMILES string of the molecule is CCCCCCCCCCCCCC(=O)OC(CC)CCCCCCCCCCC(=O)O. The first-order valence-corrected chi connectivity index (χ1v) is 14.0. The van der Waals surface area contributed by atoms with Crippen molar-refractivity contribution in [2.24, 2.45) is 0 Å². The third-order valence-corrected chi connectivity index (χ3v) is 6.40. The van der Waals surface area contributed by atoms with Gasteiger partial charge in [0.2, 0.25) is 0 Å². The molecule has 0 heterocycles. The van der Waals surface area contributed by atoms with E-state index in [4.69, 9.17) is 9.84 Å². The fourth-order valence-electron chi connectivity index (χ4n) is 4.23. The van der Waals surface area contributed by atoms with Gasteiger partial charge in [0.05, 0.1) is 0 Å². The molecule has 0 rings (SSSR count). The van der Waals surface area contributed by atoms with Crippen LogP contribution in [0.2, 0.25) is 0 Å². The predicted octanol–water partition coefficient (Wildman–Crippen LogP) is 8.99. The summed E-state index contributed by atoms with van der Waals surface area (Å²) >= 11 is 0. The standard InChI is InChI=1S/C28H54O4/c1-3-5-6-7-8-9-10-11-16-19-22-25-28(31)32-26(4-2)23-20-17-14-12-13-15-18-21-24-27(29)30/h26H,3-25H2,1-2H3,(H,29,30). The van der Waals surface area contributed by atoms with Gasteiger partial charge in [-0.2, -0.15) is 0 Å². The second kappa shape index (κ2) is 24.6. The molecule has 32 heavy (non-hydrogen) atoms. The van der Waals surface area contributed by atoms with Gasteiger partial charge >= 0.3 is 11.9 Å². The van der Waals surface area contributed by atoms with Crippen LogP contribution in [0.25, 0.3) is 0 Å². The van der Waals surface area contributed by atoms with Gasteiger partial charge in [-0.3, -0.25) is 9.59 Å². The van der Waals surface area contributed by atoms with Crippen LogP contribution in [0.4, 0.5) is 0 Å². The summed E-state index contributed by atoms with van der Waals surface area (Å²) in [4.78, 5) is 22.6. The van der Waals surface area contributed by atoms with Crippen molar-refractivity contribution in [1.29, 1.82) is 0 Å². The fourth-order valence-corrected chi connectivity index (χ4v) is 4.23. The second-order valence-electron chi connectivity index (χ2n) is 9.57. The molecule has 190 valence electrons. The molecule has 0 aliphatic carbocycles. The van der Waals surface area contributed by atoms with Crippen LogP contribution in [-0.4, -0.2) is 23.1 Å². The average Bonchev–Trinajstić information content (AvgIpc) is 2.77. The molecule has 4 nitrogen and oxygen atoms in total. The lowest BCUT2D eigenvalue weighted by molar-refractivity contribution is -0.149. The first-order valence-electron chi connectivity index (χ1n) is 14.0. The largest absolute Gasteiger partial charge is 0.481 e. The van der Waals surface area contributed by atoms with Crippen molar-refractivity contribution in [3.05, 3.63) is 0 Å². The zero-order valence-corrected chi connectivity index (χ0v) is 21.5. The Hall–Kier alpha value is -1.06. The summed E-state index contributed by atoms with van der Waals surface area (Å²) in [5.74, 6) is -0.691. The Balaban J connectivity index is 3.46. The van der Waals surface area contributed by atoms with Crippen molar-refractivity contribution in [2.45, 2.75) is 168 Å². The van der Waals surface area contributed by atoms with Crippen LogP contribution in [0, 0.1) is 0 Å². The van der Waals surface area contributed by atoms with Crippen LogP contribution in [0.15, 0.2) is 0 Å². The third-order valence-electron chi connectivity index (χ3n) is 6.40. The summed E-state index contributed by atoms with van der Waals surface area (Å²) in [6.07, 6.45) is 26.1. The van der Waals surface area contributed by atoms with Gasteiger partial charge in [0.1, 0.15) is 6.10 Å². The normalized spacial score (nSPS) is 12.1. The second-order valence-corrected chi connectivity index (χ2v) is 9.57. The Morgan fingerprint density at radius 1 is 0.594 bits per heavy atom. The average molecular weight is 455 g/mol. The smallest absolute Gasteiger partial charge is 0.306 e. The molecular formula is C28H54O4. The zero-order chi connectivity index (χ0) is 23.7. The lowest BCUT2D eigenvalue weighted by atomic mass is 10.0. The van der Waals surface area contributed by atoms with Crippen molar-refractivity contribution in [3.63, 3.8) is 0 Å². The molecule has 0 amide bonds. The number of unbranched alkanes of at least 4 members (excludes halogenated alkanes) is 17. The van der Waals surface area contributed by atoms with E-state index in [0.717, 1.165) is 51.4 Å². The summed E-state index contributed by atoms with van der Waals surface area (Å²) in [6, 6.07) is 0. The highest BCUT2D eigenvalue weighted by Gasteiger charge is 2.12. The number of esters is 1. The number of carbonyl (C=O) groups excluding carboxylic acids is 1. The Kier molecular flexibility index (Phi) is 23.8. The van der Waals surface area contributed by atoms with E-state index >= 15 is 0 Å². The van der Waals surface area contributed by atoms with Gasteiger partial charge in [0.15, 0.2) is 0 Å². The van der Waals surface area contributed by atoms with Gasteiger partial charge < -0.3 is 9.84 Å². The Morgan fingerprint density at radius 2 is 1.00 bits per heavy atom. The molecule has 4 heteroatoms. The lowest BCUT2D eigenvalue weighted by Crippen LogP contribution is -2.17. The van der Waals surface area contributed by atoms with E-state index < -0.39 is 5.97 Å². The Bertz CT molecular complexity index is 422. The summed E-state index contributed by atoms with van der Waals surface area (Å²) in [6.45, 7) is 4.37. The number of carbonyl (C=O) groups is 2. The number of carboxylic acid groups (broad SMARTS) is 1. The lowest BCUT2D eigenvalue weighted by Gasteiger charge is -2.16. The molecule has 0 radical (unpaired) electrons. The predicted molar refractivity (Wildman–Crippen MR) is 135 cm³/mol. The van der Waals surface area contributed by atoms with Crippen LogP contribution >= 0.6 is 0 Å². The number of rotatable bonds is 25. The fraction of sp³-hybridized carbons (Fsp3) is 0.929. The zero-order valence-electron chi connectivity index (χ0n) is 21.5. The molecule has 0 saturated heterocycles. The number of aliphatic carboxylic acids is 1. The maximum Gasteiger partial charge on any atom is 0.306 e. The molecule has 0 saturated carbocycles. The van der Waals surface area contributed by atoms with Crippen LogP contribution < -0.4 is 0 Å². The molecule has 0 aromatic heterocycles. The van der Waals surface area contributed by atoms with Gasteiger partial charge in [-0.1, -0.05) is 117 Å². The maximum absolute atomic E-state index is 12.1. The van der Waals surface area contributed by atoms with Crippen LogP contribution in [-0.2, 0) is 14.3 Å². The van der Waals surface area contributed by atoms with Crippen molar-refractivity contribution >= 4 is 11.9 Å². The van der Waals surface area contributed by atoms with Crippen molar-refractivity contribution in [2.75, 3.05) is 0 Å². The summed E-state index contributed by atoms with van der Waals surface area (Å²) in [7, 11) is 0. The number of carboxylic acids is 1. The van der Waals surface area contributed by atoms with E-state index in [0.29, 0.717) is 12.8 Å². The Labute approximate surface area is 199 Å². The number of ether oxygens (including phenoxy) is 1. The monoisotopic (exact) mass is 454 g/mol. The highest BCUT2D eigenvalue weighted by molar-refractivity contribution is 5.69. The quantitative estimate of drug-likeness (QED) is 0.110. The summed E-state index contributed by atoms with van der Waals surface area (Å²) < 4.78 is 5.70. The highest BCUT2D eigenvalue weighted by atomic mass is 16.5. The molecule has 0 aromatic carbocycles. The number of hydrogen-bond acceptors (Lipinski definition) is 3. The minimum Gasteiger partial charge on any atom is -0.481 e.